The van der Waals surface area contributed by atoms with Crippen LogP contribution in [-0.2, 0) is 22.6 Å². The molecule has 0 saturated carbocycles. The summed E-state index contributed by atoms with van der Waals surface area (Å²) >= 11 is 0. The first kappa shape index (κ1) is 21.3. The molecular formula is C23H28N4O4. The molecule has 2 aliphatic heterocycles. The van der Waals surface area contributed by atoms with E-state index in [0.717, 1.165) is 23.4 Å². The quantitative estimate of drug-likeness (QED) is 0.698. The van der Waals surface area contributed by atoms with Crippen molar-refractivity contribution in [3.05, 3.63) is 65.7 Å². The molecule has 2 heterocycles. The lowest BCUT2D eigenvalue weighted by Crippen LogP contribution is -2.57. The second kappa shape index (κ2) is 9.47. The van der Waals surface area contributed by atoms with E-state index in [1.54, 1.807) is 4.90 Å². The van der Waals surface area contributed by atoms with E-state index in [4.69, 9.17) is 10.5 Å². The largest absolute Gasteiger partial charge is 0.480 e. The standard InChI is InChI=1S/C23H28N4O4/c24-12-17-6-8-19(9-7-17)27-15-20(31-23(27)30)14-25-10-11-26(21(16-25)22(28)29)13-18-4-2-1-3-5-18/h1-9,20-21H,10-16,24H2,(H,28,29). The Labute approximate surface area is 181 Å². The van der Waals surface area contributed by atoms with Crippen LogP contribution >= 0.6 is 0 Å². The van der Waals surface area contributed by atoms with Crippen LogP contribution in [0.15, 0.2) is 54.6 Å². The number of carbonyl (C=O) groups is 2. The molecule has 31 heavy (non-hydrogen) atoms. The first-order valence-corrected chi connectivity index (χ1v) is 10.5. The highest BCUT2D eigenvalue weighted by Gasteiger charge is 2.37. The monoisotopic (exact) mass is 424 g/mol. The van der Waals surface area contributed by atoms with Crippen LogP contribution in [0.4, 0.5) is 10.5 Å². The molecule has 8 nitrogen and oxygen atoms in total. The molecule has 0 spiro atoms. The van der Waals surface area contributed by atoms with Gasteiger partial charge in [-0.15, -0.1) is 0 Å². The number of carboxylic acids is 1. The van der Waals surface area contributed by atoms with Gasteiger partial charge in [0.25, 0.3) is 0 Å². The Bertz CT molecular complexity index is 906. The molecule has 0 aliphatic carbocycles. The summed E-state index contributed by atoms with van der Waals surface area (Å²) in [5.74, 6) is -0.828. The molecule has 8 heteroatoms. The summed E-state index contributed by atoms with van der Waals surface area (Å²) in [6.07, 6.45) is -0.667. The van der Waals surface area contributed by atoms with Crippen molar-refractivity contribution in [1.82, 2.24) is 9.80 Å². The molecule has 0 radical (unpaired) electrons. The maximum Gasteiger partial charge on any atom is 0.414 e. The number of aliphatic carboxylic acids is 1. The number of cyclic esters (lactones) is 1. The van der Waals surface area contributed by atoms with Gasteiger partial charge in [0.1, 0.15) is 12.1 Å². The summed E-state index contributed by atoms with van der Waals surface area (Å²) in [6, 6.07) is 16.9. The highest BCUT2D eigenvalue weighted by Crippen LogP contribution is 2.23. The minimum atomic E-state index is -0.828. The average molecular weight is 425 g/mol. The molecule has 2 atom stereocenters. The van der Waals surface area contributed by atoms with E-state index in [9.17, 15) is 14.7 Å². The number of piperazine rings is 1. The molecule has 2 aliphatic rings. The number of rotatable bonds is 7. The van der Waals surface area contributed by atoms with E-state index >= 15 is 0 Å². The smallest absolute Gasteiger partial charge is 0.414 e. The minimum absolute atomic E-state index is 0.295. The number of benzene rings is 2. The number of nitrogens with two attached hydrogens (primary N) is 1. The van der Waals surface area contributed by atoms with Crippen molar-refractivity contribution in [1.29, 1.82) is 0 Å². The predicted molar refractivity (Wildman–Crippen MR) is 117 cm³/mol. The van der Waals surface area contributed by atoms with E-state index in [0.29, 0.717) is 39.3 Å². The normalized spacial score (nSPS) is 22.5. The summed E-state index contributed by atoms with van der Waals surface area (Å²) in [4.78, 5) is 30.0. The first-order valence-electron chi connectivity index (χ1n) is 10.5. The lowest BCUT2D eigenvalue weighted by molar-refractivity contribution is -0.146. The SMILES string of the molecule is NCc1ccc(N2CC(CN3CCN(Cc4ccccc4)C(C(=O)O)C3)OC2=O)cc1. The first-order chi connectivity index (χ1) is 15.0. The van der Waals surface area contributed by atoms with E-state index in [1.165, 1.54) is 0 Å². The highest BCUT2D eigenvalue weighted by atomic mass is 16.6. The Balaban J connectivity index is 1.35. The van der Waals surface area contributed by atoms with Crippen LogP contribution in [0.5, 0.6) is 0 Å². The zero-order chi connectivity index (χ0) is 21.8. The number of amides is 1. The lowest BCUT2D eigenvalue weighted by atomic mass is 10.1. The molecule has 4 rings (SSSR count). The molecule has 164 valence electrons. The zero-order valence-corrected chi connectivity index (χ0v) is 17.4. The fraction of sp³-hybridized carbons (Fsp3) is 0.391. The number of nitrogens with zero attached hydrogens (tertiary/aromatic N) is 3. The topological polar surface area (TPSA) is 99.3 Å². The van der Waals surface area contributed by atoms with Crippen LogP contribution in [0.1, 0.15) is 11.1 Å². The predicted octanol–water partition coefficient (Wildman–Crippen LogP) is 1.74. The minimum Gasteiger partial charge on any atom is -0.480 e. The fourth-order valence-electron chi connectivity index (χ4n) is 4.21. The second-order valence-corrected chi connectivity index (χ2v) is 8.06. The molecule has 0 aromatic heterocycles. The van der Waals surface area contributed by atoms with Crippen molar-refractivity contribution < 1.29 is 19.4 Å². The fourth-order valence-corrected chi connectivity index (χ4v) is 4.21. The van der Waals surface area contributed by atoms with Crippen LogP contribution in [0, 0.1) is 0 Å². The maximum absolute atomic E-state index is 12.4. The Morgan fingerprint density at radius 1 is 1.03 bits per heavy atom. The van der Waals surface area contributed by atoms with Gasteiger partial charge in [-0.25, -0.2) is 4.79 Å². The van der Waals surface area contributed by atoms with Crippen molar-refractivity contribution in [2.24, 2.45) is 5.73 Å². The molecule has 2 saturated heterocycles. The molecule has 0 bridgehead atoms. The number of hydrogen-bond donors (Lipinski definition) is 2. The average Bonchev–Trinajstić information content (AvgIpc) is 3.15. The van der Waals surface area contributed by atoms with Gasteiger partial charge >= 0.3 is 12.1 Å². The van der Waals surface area contributed by atoms with Gasteiger partial charge < -0.3 is 15.6 Å². The summed E-state index contributed by atoms with van der Waals surface area (Å²) in [5.41, 5.74) is 8.52. The van der Waals surface area contributed by atoms with Crippen molar-refractivity contribution in [3.8, 4) is 0 Å². The second-order valence-electron chi connectivity index (χ2n) is 8.06. The van der Waals surface area contributed by atoms with Gasteiger partial charge in [0.2, 0.25) is 0 Å². The number of ether oxygens (including phenoxy) is 1. The van der Waals surface area contributed by atoms with E-state index in [-0.39, 0.29) is 12.2 Å². The number of carbonyl (C=O) groups excluding carboxylic acids is 1. The van der Waals surface area contributed by atoms with Gasteiger partial charge in [0, 0.05) is 45.0 Å². The Morgan fingerprint density at radius 3 is 2.45 bits per heavy atom. The summed E-state index contributed by atoms with van der Waals surface area (Å²) in [5, 5.41) is 9.77. The van der Waals surface area contributed by atoms with Crippen LogP contribution in [0.2, 0.25) is 0 Å². The van der Waals surface area contributed by atoms with Crippen molar-refractivity contribution in [2.75, 3.05) is 37.6 Å². The van der Waals surface area contributed by atoms with E-state index in [1.807, 2.05) is 59.5 Å². The number of anilines is 1. The van der Waals surface area contributed by atoms with Gasteiger partial charge in [-0.1, -0.05) is 42.5 Å². The molecule has 2 unspecified atom stereocenters. The highest BCUT2D eigenvalue weighted by molar-refractivity contribution is 5.89. The Morgan fingerprint density at radius 2 is 1.77 bits per heavy atom. The van der Waals surface area contributed by atoms with Gasteiger partial charge in [-0.05, 0) is 23.3 Å². The Hall–Kier alpha value is -2.94. The van der Waals surface area contributed by atoms with Crippen LogP contribution in [0.3, 0.4) is 0 Å². The number of hydrogen-bond acceptors (Lipinski definition) is 6. The summed E-state index contributed by atoms with van der Waals surface area (Å²) in [7, 11) is 0. The zero-order valence-electron chi connectivity index (χ0n) is 17.4. The summed E-state index contributed by atoms with van der Waals surface area (Å²) < 4.78 is 5.57. The van der Waals surface area contributed by atoms with Crippen LogP contribution in [0.25, 0.3) is 0 Å². The molecule has 1 amide bonds. The molecule has 2 aromatic carbocycles. The van der Waals surface area contributed by atoms with Gasteiger partial charge in [-0.3, -0.25) is 19.5 Å². The molecular weight excluding hydrogens is 396 g/mol. The van der Waals surface area contributed by atoms with Crippen LogP contribution < -0.4 is 10.6 Å². The molecule has 2 aromatic rings. The third-order valence-corrected chi connectivity index (χ3v) is 5.91. The van der Waals surface area contributed by atoms with Crippen molar-refractivity contribution >= 4 is 17.7 Å². The van der Waals surface area contributed by atoms with Gasteiger partial charge in [-0.2, -0.15) is 0 Å². The van der Waals surface area contributed by atoms with E-state index in [2.05, 4.69) is 4.90 Å². The van der Waals surface area contributed by atoms with Crippen LogP contribution in [-0.4, -0.2) is 71.8 Å². The van der Waals surface area contributed by atoms with Gasteiger partial charge in [0.05, 0.1) is 6.54 Å². The maximum atomic E-state index is 12.4. The third-order valence-electron chi connectivity index (χ3n) is 5.91. The molecule has 3 N–H and O–H groups in total. The van der Waals surface area contributed by atoms with E-state index < -0.39 is 12.0 Å². The molecule has 2 fully saturated rings. The van der Waals surface area contributed by atoms with Crippen molar-refractivity contribution in [3.63, 3.8) is 0 Å². The lowest BCUT2D eigenvalue weighted by Gasteiger charge is -2.39. The van der Waals surface area contributed by atoms with Crippen molar-refractivity contribution in [2.45, 2.75) is 25.2 Å². The van der Waals surface area contributed by atoms with Gasteiger partial charge in [0.15, 0.2) is 0 Å². The number of carboxylic acid groups (broad SMARTS) is 1. The Kier molecular flexibility index (Phi) is 6.50. The third kappa shape index (κ3) is 5.04. The summed E-state index contributed by atoms with van der Waals surface area (Å²) in [6.45, 7) is 3.81.